The van der Waals surface area contributed by atoms with Gasteiger partial charge in [0.2, 0.25) is 0 Å². The summed E-state index contributed by atoms with van der Waals surface area (Å²) in [6.07, 6.45) is 0. The predicted octanol–water partition coefficient (Wildman–Crippen LogP) is 3.73. The minimum Gasteiger partial charge on any atom is -0.489 e. The zero-order valence-corrected chi connectivity index (χ0v) is 11.1. The maximum atomic E-state index is 10.8. The second-order valence-corrected chi connectivity index (χ2v) is 4.66. The molecule has 0 bridgehead atoms. The van der Waals surface area contributed by atoms with Crippen molar-refractivity contribution in [2.75, 3.05) is 0 Å². The lowest BCUT2D eigenvalue weighted by molar-refractivity contribution is 0.0696. The number of hydrogen-bond donors (Lipinski definition) is 1. The van der Waals surface area contributed by atoms with Crippen LogP contribution in [0.3, 0.4) is 0 Å². The highest BCUT2D eigenvalue weighted by Crippen LogP contribution is 2.16. The molecule has 0 radical (unpaired) electrons. The van der Waals surface area contributed by atoms with Crippen molar-refractivity contribution in [2.45, 2.75) is 6.61 Å². The smallest absolute Gasteiger partial charge is 0.335 e. The standard InChI is InChI=1S/C14H11BrO3/c15-12-6-4-10(5-7-12)9-18-13-3-1-2-11(8-13)14(16)17/h1-8H,9H2,(H,16,17). The van der Waals surface area contributed by atoms with Gasteiger partial charge in [-0.05, 0) is 35.9 Å². The first-order chi connectivity index (χ1) is 8.65. The van der Waals surface area contributed by atoms with E-state index in [0.29, 0.717) is 12.4 Å². The van der Waals surface area contributed by atoms with Crippen LogP contribution >= 0.6 is 15.9 Å². The zero-order chi connectivity index (χ0) is 13.0. The van der Waals surface area contributed by atoms with Crippen molar-refractivity contribution in [1.29, 1.82) is 0 Å². The van der Waals surface area contributed by atoms with Crippen LogP contribution < -0.4 is 4.74 Å². The van der Waals surface area contributed by atoms with Gasteiger partial charge in [0.25, 0.3) is 0 Å². The summed E-state index contributed by atoms with van der Waals surface area (Å²) in [5, 5.41) is 8.86. The second-order valence-electron chi connectivity index (χ2n) is 3.75. The normalized spacial score (nSPS) is 10.1. The van der Waals surface area contributed by atoms with E-state index in [4.69, 9.17) is 9.84 Å². The van der Waals surface area contributed by atoms with E-state index in [0.717, 1.165) is 10.0 Å². The van der Waals surface area contributed by atoms with Gasteiger partial charge >= 0.3 is 5.97 Å². The molecule has 0 amide bonds. The maximum absolute atomic E-state index is 10.8. The van der Waals surface area contributed by atoms with Crippen molar-refractivity contribution in [3.8, 4) is 5.75 Å². The number of hydrogen-bond acceptors (Lipinski definition) is 2. The molecule has 2 rings (SSSR count). The minimum absolute atomic E-state index is 0.225. The van der Waals surface area contributed by atoms with E-state index in [1.54, 1.807) is 12.1 Å². The molecule has 2 aromatic carbocycles. The van der Waals surface area contributed by atoms with Gasteiger partial charge < -0.3 is 9.84 Å². The quantitative estimate of drug-likeness (QED) is 0.936. The van der Waals surface area contributed by atoms with Crippen LogP contribution in [-0.2, 0) is 6.61 Å². The lowest BCUT2D eigenvalue weighted by Crippen LogP contribution is -1.99. The predicted molar refractivity (Wildman–Crippen MR) is 71.9 cm³/mol. The fourth-order valence-corrected chi connectivity index (χ4v) is 1.73. The Hall–Kier alpha value is -1.81. The first-order valence-electron chi connectivity index (χ1n) is 5.36. The Kier molecular flexibility index (Phi) is 3.99. The van der Waals surface area contributed by atoms with Crippen molar-refractivity contribution in [3.05, 3.63) is 64.1 Å². The number of rotatable bonds is 4. The number of halogens is 1. The van der Waals surface area contributed by atoms with Gasteiger partial charge in [0.1, 0.15) is 12.4 Å². The highest BCUT2D eigenvalue weighted by molar-refractivity contribution is 9.10. The summed E-state index contributed by atoms with van der Waals surface area (Å²) in [4.78, 5) is 10.8. The Morgan fingerprint density at radius 3 is 2.56 bits per heavy atom. The SMILES string of the molecule is O=C(O)c1cccc(OCc2ccc(Br)cc2)c1. The van der Waals surface area contributed by atoms with E-state index in [1.165, 1.54) is 12.1 Å². The zero-order valence-electron chi connectivity index (χ0n) is 9.47. The van der Waals surface area contributed by atoms with Gasteiger partial charge in [-0.25, -0.2) is 4.79 Å². The van der Waals surface area contributed by atoms with E-state index in [9.17, 15) is 4.79 Å². The summed E-state index contributed by atoms with van der Waals surface area (Å²) in [6, 6.07) is 14.2. The summed E-state index contributed by atoms with van der Waals surface area (Å²) < 4.78 is 6.56. The Balaban J connectivity index is 2.04. The third-order valence-corrected chi connectivity index (χ3v) is 2.93. The molecular weight excluding hydrogens is 296 g/mol. The maximum Gasteiger partial charge on any atom is 0.335 e. The van der Waals surface area contributed by atoms with Gasteiger partial charge in [0.15, 0.2) is 0 Å². The van der Waals surface area contributed by atoms with Crippen LogP contribution in [0.5, 0.6) is 5.75 Å². The first-order valence-corrected chi connectivity index (χ1v) is 6.15. The third-order valence-electron chi connectivity index (χ3n) is 2.40. The Bertz CT molecular complexity index is 549. The third kappa shape index (κ3) is 3.34. The topological polar surface area (TPSA) is 46.5 Å². The van der Waals surface area contributed by atoms with Crippen LogP contribution in [0.15, 0.2) is 53.0 Å². The van der Waals surface area contributed by atoms with Crippen LogP contribution in [0, 0.1) is 0 Å². The summed E-state index contributed by atoms with van der Waals surface area (Å²) in [5.41, 5.74) is 1.25. The number of aromatic carboxylic acids is 1. The monoisotopic (exact) mass is 306 g/mol. The van der Waals surface area contributed by atoms with Crippen LogP contribution in [0.2, 0.25) is 0 Å². The Morgan fingerprint density at radius 2 is 1.89 bits per heavy atom. The molecule has 4 heteroatoms. The average Bonchev–Trinajstić information content (AvgIpc) is 2.38. The molecule has 0 heterocycles. The lowest BCUT2D eigenvalue weighted by Gasteiger charge is -2.07. The molecule has 92 valence electrons. The molecule has 0 unspecified atom stereocenters. The van der Waals surface area contributed by atoms with E-state index < -0.39 is 5.97 Å². The van der Waals surface area contributed by atoms with Crippen molar-refractivity contribution in [3.63, 3.8) is 0 Å². The van der Waals surface area contributed by atoms with Crippen LogP contribution in [0.1, 0.15) is 15.9 Å². The molecule has 0 aliphatic carbocycles. The Labute approximate surface area is 113 Å². The largest absolute Gasteiger partial charge is 0.489 e. The van der Waals surface area contributed by atoms with Crippen molar-refractivity contribution in [1.82, 2.24) is 0 Å². The number of carbonyl (C=O) groups is 1. The van der Waals surface area contributed by atoms with Gasteiger partial charge in [-0.3, -0.25) is 0 Å². The first kappa shape index (κ1) is 12.6. The number of carboxylic acids is 1. The number of carboxylic acid groups (broad SMARTS) is 1. The molecular formula is C14H11BrO3. The average molecular weight is 307 g/mol. The number of ether oxygens (including phenoxy) is 1. The van der Waals surface area contributed by atoms with Crippen LogP contribution in [0.25, 0.3) is 0 Å². The van der Waals surface area contributed by atoms with E-state index in [1.807, 2.05) is 24.3 Å². The molecule has 0 atom stereocenters. The van der Waals surface area contributed by atoms with Gasteiger partial charge in [-0.2, -0.15) is 0 Å². The van der Waals surface area contributed by atoms with Gasteiger partial charge in [-0.15, -0.1) is 0 Å². The molecule has 18 heavy (non-hydrogen) atoms. The summed E-state index contributed by atoms with van der Waals surface area (Å²) >= 11 is 3.36. The molecule has 0 aromatic heterocycles. The number of benzene rings is 2. The molecule has 1 N–H and O–H groups in total. The highest BCUT2D eigenvalue weighted by atomic mass is 79.9. The van der Waals surface area contributed by atoms with Crippen LogP contribution in [0.4, 0.5) is 0 Å². The van der Waals surface area contributed by atoms with Gasteiger partial charge in [0.05, 0.1) is 5.56 Å². The van der Waals surface area contributed by atoms with Crippen molar-refractivity contribution in [2.24, 2.45) is 0 Å². The Morgan fingerprint density at radius 1 is 1.17 bits per heavy atom. The molecule has 3 nitrogen and oxygen atoms in total. The molecule has 0 spiro atoms. The van der Waals surface area contributed by atoms with Gasteiger partial charge in [-0.1, -0.05) is 34.1 Å². The molecule has 0 saturated carbocycles. The second kappa shape index (κ2) is 5.69. The van der Waals surface area contributed by atoms with Crippen molar-refractivity contribution < 1.29 is 14.6 Å². The van der Waals surface area contributed by atoms with Crippen LogP contribution in [-0.4, -0.2) is 11.1 Å². The highest BCUT2D eigenvalue weighted by Gasteiger charge is 2.03. The van der Waals surface area contributed by atoms with E-state index >= 15 is 0 Å². The molecule has 0 aliphatic heterocycles. The van der Waals surface area contributed by atoms with Gasteiger partial charge in [0, 0.05) is 4.47 Å². The van der Waals surface area contributed by atoms with Crippen molar-refractivity contribution >= 4 is 21.9 Å². The van der Waals surface area contributed by atoms with E-state index in [-0.39, 0.29) is 5.56 Å². The summed E-state index contributed by atoms with van der Waals surface area (Å²) in [5.74, 6) is -0.401. The lowest BCUT2D eigenvalue weighted by atomic mass is 10.2. The van der Waals surface area contributed by atoms with E-state index in [2.05, 4.69) is 15.9 Å². The molecule has 0 saturated heterocycles. The fourth-order valence-electron chi connectivity index (χ4n) is 1.47. The molecule has 0 aliphatic rings. The fraction of sp³-hybridized carbons (Fsp3) is 0.0714. The molecule has 0 fully saturated rings. The summed E-state index contributed by atoms with van der Waals surface area (Å²) in [7, 11) is 0. The molecule has 2 aromatic rings. The summed E-state index contributed by atoms with van der Waals surface area (Å²) in [6.45, 7) is 0.413. The minimum atomic E-state index is -0.955.